The zero-order chi connectivity index (χ0) is 36.4. The van der Waals surface area contributed by atoms with Crippen LogP contribution in [0.25, 0.3) is 60.9 Å². The van der Waals surface area contributed by atoms with Crippen LogP contribution in [0.2, 0.25) is 0 Å². The Morgan fingerprint density at radius 3 is 1.74 bits per heavy atom. The normalized spacial score (nSPS) is 12.9. The summed E-state index contributed by atoms with van der Waals surface area (Å²) in [6.45, 7) is 4.65. The molecule has 258 valence electrons. The number of fused-ring (bicyclic) bond motifs is 6. The van der Waals surface area contributed by atoms with Gasteiger partial charge in [0, 0.05) is 38.9 Å². The number of anilines is 3. The van der Waals surface area contributed by atoms with Crippen molar-refractivity contribution >= 4 is 38.9 Å². The van der Waals surface area contributed by atoms with Gasteiger partial charge in [0.1, 0.15) is 5.82 Å². The Morgan fingerprint density at radius 2 is 0.981 bits per heavy atom. The van der Waals surface area contributed by atoms with Crippen molar-refractivity contribution in [2.75, 3.05) is 4.90 Å². The van der Waals surface area contributed by atoms with Crippen molar-refractivity contribution in [2.24, 2.45) is 0 Å². The maximum absolute atomic E-state index is 14.0. The lowest BCUT2D eigenvalue weighted by atomic mass is 9.81. The van der Waals surface area contributed by atoms with E-state index in [2.05, 4.69) is 169 Å². The van der Waals surface area contributed by atoms with Crippen LogP contribution in [0.4, 0.5) is 21.5 Å². The SMILES string of the molecule is CC1(C)c2cc(-c3cccc(-c4ccc5c6ccccc6n(-c6ccccc6)c5c4)c3)ccc2-c2ccc(N(c3ccccc3)c3ccc(F)cc3)cc21. The van der Waals surface area contributed by atoms with Gasteiger partial charge in [-0.25, -0.2) is 4.39 Å². The third-order valence-electron chi connectivity index (χ3n) is 11.2. The second-order valence-electron chi connectivity index (χ2n) is 14.8. The molecule has 3 heteroatoms. The number of para-hydroxylation sites is 3. The van der Waals surface area contributed by atoms with Crippen molar-refractivity contribution in [3.63, 3.8) is 0 Å². The average Bonchev–Trinajstić information content (AvgIpc) is 3.67. The molecule has 1 aliphatic carbocycles. The molecule has 0 aliphatic heterocycles. The van der Waals surface area contributed by atoms with Crippen LogP contribution >= 0.6 is 0 Å². The third kappa shape index (κ3) is 5.15. The molecule has 2 nitrogen and oxygen atoms in total. The highest BCUT2D eigenvalue weighted by Gasteiger charge is 2.36. The van der Waals surface area contributed by atoms with Crippen LogP contribution < -0.4 is 4.90 Å². The smallest absolute Gasteiger partial charge is 0.123 e. The highest BCUT2D eigenvalue weighted by molar-refractivity contribution is 6.10. The molecule has 0 saturated carbocycles. The van der Waals surface area contributed by atoms with Gasteiger partial charge in [0.15, 0.2) is 0 Å². The first kappa shape index (κ1) is 32.0. The van der Waals surface area contributed by atoms with Crippen molar-refractivity contribution < 1.29 is 4.39 Å². The predicted octanol–water partition coefficient (Wildman–Crippen LogP) is 14.0. The molecule has 10 rings (SSSR count). The summed E-state index contributed by atoms with van der Waals surface area (Å²) in [6.07, 6.45) is 0. The summed E-state index contributed by atoms with van der Waals surface area (Å²) >= 11 is 0. The molecule has 0 atom stereocenters. The number of aromatic nitrogens is 1. The van der Waals surface area contributed by atoms with Gasteiger partial charge in [-0.2, -0.15) is 0 Å². The van der Waals surface area contributed by atoms with Gasteiger partial charge in [0.2, 0.25) is 0 Å². The van der Waals surface area contributed by atoms with E-state index in [-0.39, 0.29) is 11.2 Å². The topological polar surface area (TPSA) is 8.17 Å². The zero-order valence-electron chi connectivity index (χ0n) is 30.2. The minimum absolute atomic E-state index is 0.227. The quantitative estimate of drug-likeness (QED) is 0.168. The second kappa shape index (κ2) is 12.5. The number of rotatable bonds is 6. The lowest BCUT2D eigenvalue weighted by Crippen LogP contribution is -2.16. The fraction of sp³-hybridized carbons (Fsp3) is 0.0588. The van der Waals surface area contributed by atoms with E-state index < -0.39 is 0 Å². The van der Waals surface area contributed by atoms with E-state index >= 15 is 0 Å². The summed E-state index contributed by atoms with van der Waals surface area (Å²) in [4.78, 5) is 2.20. The Kier molecular flexibility index (Phi) is 7.38. The average molecular weight is 697 g/mol. The van der Waals surface area contributed by atoms with Crippen LogP contribution in [0.5, 0.6) is 0 Å². The number of hydrogen-bond donors (Lipinski definition) is 0. The van der Waals surface area contributed by atoms with E-state index in [0.29, 0.717) is 0 Å². The van der Waals surface area contributed by atoms with Crippen LogP contribution in [0.1, 0.15) is 25.0 Å². The molecule has 0 radical (unpaired) electrons. The van der Waals surface area contributed by atoms with Crippen LogP contribution in [0.15, 0.2) is 188 Å². The Bertz CT molecular complexity index is 2850. The highest BCUT2D eigenvalue weighted by Crippen LogP contribution is 2.51. The van der Waals surface area contributed by atoms with Crippen molar-refractivity contribution in [2.45, 2.75) is 19.3 Å². The van der Waals surface area contributed by atoms with Crippen LogP contribution in [0, 0.1) is 5.82 Å². The number of halogens is 1. The predicted molar refractivity (Wildman–Crippen MR) is 224 cm³/mol. The largest absolute Gasteiger partial charge is 0.310 e. The van der Waals surface area contributed by atoms with Crippen molar-refractivity contribution in [1.82, 2.24) is 4.57 Å². The van der Waals surface area contributed by atoms with Gasteiger partial charge in [0.05, 0.1) is 11.0 Å². The molecular formula is C51H37FN2. The Morgan fingerprint density at radius 1 is 0.426 bits per heavy atom. The third-order valence-corrected chi connectivity index (χ3v) is 11.2. The summed E-state index contributed by atoms with van der Waals surface area (Å²) in [5.41, 5.74) is 16.2. The summed E-state index contributed by atoms with van der Waals surface area (Å²) < 4.78 is 16.4. The van der Waals surface area contributed by atoms with Crippen molar-refractivity contribution in [3.8, 4) is 39.1 Å². The van der Waals surface area contributed by atoms with Gasteiger partial charge < -0.3 is 9.47 Å². The number of benzene rings is 8. The second-order valence-corrected chi connectivity index (χ2v) is 14.8. The molecule has 0 bridgehead atoms. The molecule has 54 heavy (non-hydrogen) atoms. The zero-order valence-corrected chi connectivity index (χ0v) is 30.2. The minimum Gasteiger partial charge on any atom is -0.310 e. The van der Waals surface area contributed by atoms with E-state index in [0.717, 1.165) is 22.7 Å². The van der Waals surface area contributed by atoms with Crippen LogP contribution in [0.3, 0.4) is 0 Å². The van der Waals surface area contributed by atoms with Gasteiger partial charge in [-0.1, -0.05) is 117 Å². The summed E-state index contributed by atoms with van der Waals surface area (Å²) in [5, 5.41) is 2.51. The highest BCUT2D eigenvalue weighted by atomic mass is 19.1. The maximum atomic E-state index is 14.0. The lowest BCUT2D eigenvalue weighted by Gasteiger charge is -2.28. The van der Waals surface area contributed by atoms with E-state index in [4.69, 9.17) is 0 Å². The lowest BCUT2D eigenvalue weighted by molar-refractivity contribution is 0.628. The molecular weight excluding hydrogens is 660 g/mol. The van der Waals surface area contributed by atoms with Gasteiger partial charge in [-0.15, -0.1) is 0 Å². The molecule has 0 fully saturated rings. The summed E-state index contributed by atoms with van der Waals surface area (Å²) in [6, 6.07) is 65.8. The molecule has 0 amide bonds. The maximum Gasteiger partial charge on any atom is 0.123 e. The number of hydrogen-bond acceptors (Lipinski definition) is 1. The summed E-state index contributed by atoms with van der Waals surface area (Å²) in [5.74, 6) is -0.244. The molecule has 0 N–H and O–H groups in total. The Balaban J connectivity index is 1.03. The Labute approximate surface area is 315 Å². The first-order chi connectivity index (χ1) is 26.4. The van der Waals surface area contributed by atoms with Crippen LogP contribution in [-0.2, 0) is 5.41 Å². The molecule has 9 aromatic rings. The molecule has 8 aromatic carbocycles. The van der Waals surface area contributed by atoms with Crippen molar-refractivity contribution in [3.05, 3.63) is 205 Å². The standard InChI is InChI=1S/C51H37FN2/c1-51(2)47-31-36(20-27-43(47)44-29-26-42(33-48(44)51)53(39-14-5-3-6-15-39)41-24-22-38(52)23-25-41)34-12-11-13-35(30-34)37-21-28-46-45-18-9-10-19-49(45)54(50(46)32-37)40-16-7-4-8-17-40/h3-33H,1-2H3. The van der Waals surface area contributed by atoms with E-state index in [1.807, 2.05) is 30.3 Å². The summed E-state index contributed by atoms with van der Waals surface area (Å²) in [7, 11) is 0. The van der Waals surface area contributed by atoms with Crippen molar-refractivity contribution in [1.29, 1.82) is 0 Å². The fourth-order valence-electron chi connectivity index (χ4n) is 8.54. The molecule has 1 aliphatic rings. The first-order valence-corrected chi connectivity index (χ1v) is 18.5. The van der Waals surface area contributed by atoms with Crippen LogP contribution in [-0.4, -0.2) is 4.57 Å². The monoisotopic (exact) mass is 696 g/mol. The van der Waals surface area contributed by atoms with Gasteiger partial charge >= 0.3 is 0 Å². The van der Waals surface area contributed by atoms with Gasteiger partial charge in [-0.3, -0.25) is 0 Å². The van der Waals surface area contributed by atoms with Gasteiger partial charge in [-0.05, 0) is 129 Å². The Hall–Kier alpha value is -6.71. The molecule has 0 saturated heterocycles. The first-order valence-electron chi connectivity index (χ1n) is 18.5. The molecule has 0 unspecified atom stereocenters. The fourth-order valence-corrected chi connectivity index (χ4v) is 8.54. The van der Waals surface area contributed by atoms with Gasteiger partial charge in [0.25, 0.3) is 0 Å². The van der Waals surface area contributed by atoms with E-state index in [1.54, 1.807) is 0 Å². The molecule has 1 heterocycles. The molecule has 0 spiro atoms. The van der Waals surface area contributed by atoms with E-state index in [1.165, 1.54) is 78.4 Å². The number of nitrogens with zero attached hydrogens (tertiary/aromatic N) is 2. The van der Waals surface area contributed by atoms with E-state index in [9.17, 15) is 4.39 Å². The minimum atomic E-state index is -0.244. The molecule has 1 aromatic heterocycles.